The molecule has 1 amide bonds. The maximum absolute atomic E-state index is 14.4. The van der Waals surface area contributed by atoms with Crippen LogP contribution < -0.4 is 4.90 Å². The van der Waals surface area contributed by atoms with Crippen molar-refractivity contribution in [1.29, 1.82) is 5.26 Å². The van der Waals surface area contributed by atoms with Crippen molar-refractivity contribution < 1.29 is 9.18 Å². The first-order chi connectivity index (χ1) is 11.1. The molecule has 0 radical (unpaired) electrons. The number of aromatic amines is 1. The number of hydrogen-bond donors (Lipinski definition) is 1. The summed E-state index contributed by atoms with van der Waals surface area (Å²) in [6.07, 6.45) is 2.21. The van der Waals surface area contributed by atoms with Crippen LogP contribution in [0.2, 0.25) is 0 Å². The number of carbonyl (C=O) groups excluding carboxylic acids is 1. The number of aromatic nitrogens is 3. The van der Waals surface area contributed by atoms with Crippen molar-refractivity contribution in [2.45, 2.75) is 25.1 Å². The van der Waals surface area contributed by atoms with Crippen molar-refractivity contribution in [3.05, 3.63) is 18.6 Å². The predicted molar refractivity (Wildman–Crippen MR) is 82.4 cm³/mol. The Morgan fingerprint density at radius 1 is 1.61 bits per heavy atom. The standard InChI is InChI=1S/C15H17FN6O/c1-21(15-10-3-6-18-14(10)19-9-20-15)12-8-22(7-4-11(12)16)13(23)2-5-17/h3,6,9,11-12H,2,4,7-8H2,1H3,(H,18,19,20)/t11-,12?/m1/s1. The molecule has 0 bridgehead atoms. The van der Waals surface area contributed by atoms with Crippen molar-refractivity contribution in [3.8, 4) is 6.07 Å². The normalized spacial score (nSPS) is 21.2. The molecule has 1 unspecified atom stereocenters. The molecule has 2 aromatic heterocycles. The largest absolute Gasteiger partial charge is 0.351 e. The zero-order valence-corrected chi connectivity index (χ0v) is 12.7. The minimum Gasteiger partial charge on any atom is -0.351 e. The smallest absolute Gasteiger partial charge is 0.236 e. The molecule has 1 saturated heterocycles. The number of H-pyrrole nitrogens is 1. The first-order valence-electron chi connectivity index (χ1n) is 7.41. The first kappa shape index (κ1) is 15.2. The van der Waals surface area contributed by atoms with Gasteiger partial charge in [-0.2, -0.15) is 5.26 Å². The van der Waals surface area contributed by atoms with Crippen LogP contribution in [0.4, 0.5) is 10.2 Å². The molecule has 8 heteroatoms. The van der Waals surface area contributed by atoms with Gasteiger partial charge in [0.15, 0.2) is 0 Å². The number of likely N-dealkylation sites (N-methyl/N-ethyl adjacent to an activating group) is 1. The van der Waals surface area contributed by atoms with Crippen LogP contribution in [0.15, 0.2) is 18.6 Å². The number of amides is 1. The zero-order valence-electron chi connectivity index (χ0n) is 12.7. The Balaban J connectivity index is 1.85. The third-order valence-electron chi connectivity index (χ3n) is 4.25. The summed E-state index contributed by atoms with van der Waals surface area (Å²) in [6.45, 7) is 0.587. The Kier molecular flexibility index (Phi) is 4.10. The molecular formula is C15H17FN6O. The van der Waals surface area contributed by atoms with Gasteiger partial charge in [0.05, 0.1) is 17.5 Å². The fourth-order valence-electron chi connectivity index (χ4n) is 2.97. The average Bonchev–Trinajstić information content (AvgIpc) is 3.03. The maximum Gasteiger partial charge on any atom is 0.236 e. The van der Waals surface area contributed by atoms with Crippen LogP contribution >= 0.6 is 0 Å². The molecule has 2 aromatic rings. The van der Waals surface area contributed by atoms with E-state index in [2.05, 4.69) is 15.0 Å². The Labute approximate surface area is 132 Å². The van der Waals surface area contributed by atoms with E-state index in [9.17, 15) is 9.18 Å². The van der Waals surface area contributed by atoms with Crippen molar-refractivity contribution in [2.75, 3.05) is 25.0 Å². The van der Waals surface area contributed by atoms with E-state index in [1.807, 2.05) is 12.1 Å². The molecule has 1 fully saturated rings. The Bertz CT molecular complexity index is 754. The van der Waals surface area contributed by atoms with Gasteiger partial charge in [0.2, 0.25) is 5.91 Å². The number of alkyl halides is 1. The van der Waals surface area contributed by atoms with Crippen LogP contribution in [-0.2, 0) is 4.79 Å². The van der Waals surface area contributed by atoms with E-state index in [-0.39, 0.29) is 25.3 Å². The minimum atomic E-state index is -1.06. The quantitative estimate of drug-likeness (QED) is 0.920. The van der Waals surface area contributed by atoms with Gasteiger partial charge < -0.3 is 14.8 Å². The van der Waals surface area contributed by atoms with Crippen molar-refractivity contribution in [3.63, 3.8) is 0 Å². The second kappa shape index (κ2) is 6.20. The molecule has 7 nitrogen and oxygen atoms in total. The number of likely N-dealkylation sites (tertiary alicyclic amines) is 1. The summed E-state index contributed by atoms with van der Waals surface area (Å²) in [5, 5.41) is 9.47. The summed E-state index contributed by atoms with van der Waals surface area (Å²) in [5.41, 5.74) is 0.686. The fraction of sp³-hybridized carbons (Fsp3) is 0.467. The van der Waals surface area contributed by atoms with Gasteiger partial charge in [-0.15, -0.1) is 0 Å². The molecule has 3 rings (SSSR count). The summed E-state index contributed by atoms with van der Waals surface area (Å²) < 4.78 is 14.4. The summed E-state index contributed by atoms with van der Waals surface area (Å²) >= 11 is 0. The summed E-state index contributed by atoms with van der Waals surface area (Å²) in [4.78, 5) is 26.6. The van der Waals surface area contributed by atoms with Gasteiger partial charge in [-0.25, -0.2) is 14.4 Å². The lowest BCUT2D eigenvalue weighted by Crippen LogP contribution is -2.54. The fourth-order valence-corrected chi connectivity index (χ4v) is 2.97. The molecule has 23 heavy (non-hydrogen) atoms. The molecule has 0 aliphatic carbocycles. The molecular weight excluding hydrogens is 299 g/mol. The highest BCUT2D eigenvalue weighted by molar-refractivity contribution is 5.87. The molecule has 3 heterocycles. The van der Waals surface area contributed by atoms with Crippen LogP contribution in [0.3, 0.4) is 0 Å². The molecule has 1 aliphatic heterocycles. The molecule has 1 aliphatic rings. The van der Waals surface area contributed by atoms with Gasteiger partial charge in [0.1, 0.15) is 30.4 Å². The number of halogens is 1. The zero-order chi connectivity index (χ0) is 16.4. The number of fused-ring (bicyclic) bond motifs is 1. The van der Waals surface area contributed by atoms with Gasteiger partial charge in [-0.05, 0) is 12.5 Å². The van der Waals surface area contributed by atoms with E-state index in [0.717, 1.165) is 5.39 Å². The average molecular weight is 316 g/mol. The van der Waals surface area contributed by atoms with Crippen LogP contribution in [0.5, 0.6) is 0 Å². The second-order valence-electron chi connectivity index (χ2n) is 5.59. The highest BCUT2D eigenvalue weighted by Crippen LogP contribution is 2.27. The highest BCUT2D eigenvalue weighted by atomic mass is 19.1. The lowest BCUT2D eigenvalue weighted by molar-refractivity contribution is -0.132. The van der Waals surface area contributed by atoms with Gasteiger partial charge in [-0.3, -0.25) is 4.79 Å². The van der Waals surface area contributed by atoms with Crippen molar-refractivity contribution >= 4 is 22.8 Å². The maximum atomic E-state index is 14.4. The van der Waals surface area contributed by atoms with Gasteiger partial charge in [0, 0.05) is 26.3 Å². The van der Waals surface area contributed by atoms with Gasteiger partial charge in [-0.1, -0.05) is 0 Å². The minimum absolute atomic E-state index is 0.178. The van der Waals surface area contributed by atoms with E-state index in [1.54, 1.807) is 23.0 Å². The molecule has 2 atom stereocenters. The van der Waals surface area contributed by atoms with E-state index in [0.29, 0.717) is 18.0 Å². The molecule has 0 aromatic carbocycles. The van der Waals surface area contributed by atoms with Gasteiger partial charge >= 0.3 is 0 Å². The molecule has 0 spiro atoms. The van der Waals surface area contributed by atoms with Crippen LogP contribution in [-0.4, -0.2) is 58.1 Å². The number of piperidine rings is 1. The summed E-state index contributed by atoms with van der Waals surface area (Å²) in [5.74, 6) is 0.366. The lowest BCUT2D eigenvalue weighted by atomic mass is 10.0. The van der Waals surface area contributed by atoms with Crippen molar-refractivity contribution in [2.24, 2.45) is 0 Å². The number of hydrogen-bond acceptors (Lipinski definition) is 5. The highest BCUT2D eigenvalue weighted by Gasteiger charge is 2.35. The Morgan fingerprint density at radius 2 is 2.43 bits per heavy atom. The van der Waals surface area contributed by atoms with E-state index >= 15 is 0 Å². The lowest BCUT2D eigenvalue weighted by Gasteiger charge is -2.40. The molecule has 1 N–H and O–H groups in total. The topological polar surface area (TPSA) is 88.9 Å². The summed E-state index contributed by atoms with van der Waals surface area (Å²) in [6, 6.07) is 3.19. The van der Waals surface area contributed by atoms with Crippen LogP contribution in [0, 0.1) is 11.3 Å². The third-order valence-corrected chi connectivity index (χ3v) is 4.25. The SMILES string of the molecule is CN(c1ncnc2[nH]ccc12)C1CN(C(=O)CC#N)CC[C@H]1F. The first-order valence-corrected chi connectivity index (χ1v) is 7.41. The molecule has 0 saturated carbocycles. The number of nitrogens with one attached hydrogen (secondary N) is 1. The summed E-state index contributed by atoms with van der Waals surface area (Å²) in [7, 11) is 1.77. The third kappa shape index (κ3) is 2.82. The Morgan fingerprint density at radius 3 is 3.22 bits per heavy atom. The molecule has 120 valence electrons. The number of nitriles is 1. The van der Waals surface area contributed by atoms with Crippen LogP contribution in [0.25, 0.3) is 11.0 Å². The van der Waals surface area contributed by atoms with Gasteiger partial charge in [0.25, 0.3) is 0 Å². The monoisotopic (exact) mass is 316 g/mol. The van der Waals surface area contributed by atoms with E-state index < -0.39 is 12.2 Å². The predicted octanol–water partition coefficient (Wildman–Crippen LogP) is 1.25. The number of anilines is 1. The van der Waals surface area contributed by atoms with Crippen LogP contribution in [0.1, 0.15) is 12.8 Å². The number of nitrogens with zero attached hydrogens (tertiary/aromatic N) is 5. The van der Waals surface area contributed by atoms with E-state index in [4.69, 9.17) is 5.26 Å². The number of rotatable bonds is 3. The number of carbonyl (C=O) groups is 1. The Hall–Kier alpha value is -2.69. The van der Waals surface area contributed by atoms with Crippen molar-refractivity contribution in [1.82, 2.24) is 19.9 Å². The van der Waals surface area contributed by atoms with E-state index in [1.165, 1.54) is 6.33 Å². The second-order valence-corrected chi connectivity index (χ2v) is 5.59.